The lowest BCUT2D eigenvalue weighted by Crippen LogP contribution is -2.03. The highest BCUT2D eigenvalue weighted by atomic mass is 32.4. The minimum Gasteiger partial charge on any atom is -0.497 e. The number of hydrazone groups is 2. The highest BCUT2D eigenvalue weighted by molar-refractivity contribution is 8.02. The molecule has 202 valence electrons. The zero-order chi connectivity index (χ0) is 28.0. The second-order valence-corrected chi connectivity index (χ2v) is 12.2. The Morgan fingerprint density at radius 1 is 0.667 bits per heavy atom. The molecule has 3 aromatic rings. The first-order chi connectivity index (χ1) is 18.9. The van der Waals surface area contributed by atoms with Crippen LogP contribution < -0.4 is 14.0 Å². The van der Waals surface area contributed by atoms with Crippen molar-refractivity contribution in [3.8, 4) is 17.2 Å². The molecule has 0 N–H and O–H groups in total. The quantitative estimate of drug-likeness (QED) is 0.127. The molecule has 0 saturated carbocycles. The van der Waals surface area contributed by atoms with Crippen molar-refractivity contribution in [2.75, 3.05) is 35.0 Å². The molecule has 0 amide bonds. The van der Waals surface area contributed by atoms with Crippen LogP contribution in [-0.2, 0) is 28.1 Å². The van der Waals surface area contributed by atoms with Gasteiger partial charge in [0.2, 0.25) is 23.6 Å². The molecule has 3 rings (SSSR count). The maximum atomic E-state index is 5.88. The number of methoxy groups -OCH3 is 1. The predicted molar refractivity (Wildman–Crippen MR) is 166 cm³/mol. The van der Waals surface area contributed by atoms with Crippen molar-refractivity contribution in [1.29, 1.82) is 0 Å². The van der Waals surface area contributed by atoms with Gasteiger partial charge in [0.05, 0.1) is 40.7 Å². The minimum atomic E-state index is -1.36. The summed E-state index contributed by atoms with van der Waals surface area (Å²) < 4.78 is 25.1. The van der Waals surface area contributed by atoms with Crippen LogP contribution in [0.4, 0.5) is 0 Å². The average Bonchev–Trinajstić information content (AvgIpc) is 2.98. The minimum absolute atomic E-state index is 0.191. The topological polar surface area (TPSA) is 80.5 Å². The maximum absolute atomic E-state index is 5.88. The van der Waals surface area contributed by atoms with Crippen LogP contribution >= 0.6 is 14.1 Å². The van der Waals surface area contributed by atoms with Crippen molar-refractivity contribution in [1.82, 2.24) is 9.56 Å². The standard InChI is InChI=1S/C26H29N5O4P2S2/c1-30(36(38)33-4)28-18-23-7-13-25(14-8-23)34-20-27-17-21-9-15-26(16-10-21)35-37(39)31(2)29-19-22-5-11-24(32-3)12-6-22/h5-19H,20H2,1-4H3/q+2/b27-17?,28-18-,29-19-. The first-order valence-corrected chi connectivity index (χ1v) is 16.0. The second-order valence-electron chi connectivity index (χ2n) is 7.71. The third-order valence-corrected chi connectivity index (χ3v) is 8.90. The highest BCUT2D eigenvalue weighted by Gasteiger charge is 2.20. The monoisotopic (exact) mass is 601 g/mol. The molecule has 0 heterocycles. The lowest BCUT2D eigenvalue weighted by molar-refractivity contribution is 0.332. The smallest absolute Gasteiger partial charge is 0.497 e. The van der Waals surface area contributed by atoms with E-state index in [0.717, 1.165) is 22.4 Å². The van der Waals surface area contributed by atoms with Crippen LogP contribution in [0, 0.1) is 0 Å². The Labute approximate surface area is 240 Å². The van der Waals surface area contributed by atoms with E-state index in [-0.39, 0.29) is 6.73 Å². The van der Waals surface area contributed by atoms with Crippen LogP contribution in [0.5, 0.6) is 17.2 Å². The third kappa shape index (κ3) is 10.4. The van der Waals surface area contributed by atoms with Gasteiger partial charge in [-0.25, -0.2) is 0 Å². The fourth-order valence-electron chi connectivity index (χ4n) is 2.86. The zero-order valence-electron chi connectivity index (χ0n) is 21.9. The summed E-state index contributed by atoms with van der Waals surface area (Å²) in [6, 6.07) is 22.6. The maximum Gasteiger partial charge on any atom is 0.540 e. The molecule has 0 aliphatic heterocycles. The summed E-state index contributed by atoms with van der Waals surface area (Å²) in [7, 11) is 4.28. The summed E-state index contributed by atoms with van der Waals surface area (Å²) in [5.41, 5.74) is 2.78. The van der Waals surface area contributed by atoms with E-state index in [2.05, 4.69) is 15.2 Å². The SMILES string of the molecule is COc1ccc(/C=N\N(C)[P+](=S)Oc2ccc(C=NCOc3ccc(/C=N\N(C)[P+](=S)OC)cc3)cc2)cc1. The molecule has 2 atom stereocenters. The van der Waals surface area contributed by atoms with Crippen molar-refractivity contribution >= 4 is 56.4 Å². The Balaban J connectivity index is 1.43. The molecule has 3 aromatic carbocycles. The fraction of sp³-hybridized carbons (Fsp3) is 0.192. The van der Waals surface area contributed by atoms with Crippen molar-refractivity contribution < 1.29 is 18.5 Å². The second kappa shape index (κ2) is 15.9. The summed E-state index contributed by atoms with van der Waals surface area (Å²) in [6.07, 6.45) is 5.19. The number of nitrogens with zero attached hydrogens (tertiary/aromatic N) is 5. The molecule has 0 saturated heterocycles. The van der Waals surface area contributed by atoms with Gasteiger partial charge in [0, 0.05) is 6.21 Å². The van der Waals surface area contributed by atoms with Gasteiger partial charge < -0.3 is 9.47 Å². The van der Waals surface area contributed by atoms with Gasteiger partial charge in [-0.1, -0.05) is 9.56 Å². The van der Waals surface area contributed by atoms with E-state index in [0.29, 0.717) is 11.5 Å². The molecule has 0 aliphatic carbocycles. The van der Waals surface area contributed by atoms with Crippen LogP contribution in [0.25, 0.3) is 0 Å². The Bertz CT molecular complexity index is 1320. The number of benzene rings is 3. The molecule has 0 aromatic heterocycles. The fourth-order valence-corrected chi connectivity index (χ4v) is 4.30. The van der Waals surface area contributed by atoms with Crippen molar-refractivity contribution in [3.63, 3.8) is 0 Å². The van der Waals surface area contributed by atoms with Gasteiger partial charge in [-0.3, -0.25) is 9.52 Å². The molecular weight excluding hydrogens is 572 g/mol. The lowest BCUT2D eigenvalue weighted by Gasteiger charge is -2.04. The van der Waals surface area contributed by atoms with E-state index < -0.39 is 14.1 Å². The van der Waals surface area contributed by atoms with Gasteiger partial charge in [-0.15, -0.1) is 10.2 Å². The van der Waals surface area contributed by atoms with E-state index in [9.17, 15) is 0 Å². The summed E-state index contributed by atoms with van der Waals surface area (Å²) in [5.74, 6) is 2.17. The van der Waals surface area contributed by atoms with Gasteiger partial charge in [0.15, 0.2) is 12.5 Å². The van der Waals surface area contributed by atoms with Crippen molar-refractivity contribution in [3.05, 3.63) is 89.5 Å². The number of aliphatic imine (C=N–C) groups is 1. The third-order valence-electron chi connectivity index (χ3n) is 4.98. The van der Waals surface area contributed by atoms with E-state index in [1.807, 2.05) is 72.8 Å². The molecule has 0 bridgehead atoms. The Morgan fingerprint density at radius 3 is 1.64 bits per heavy atom. The van der Waals surface area contributed by atoms with Gasteiger partial charge in [0.1, 0.15) is 11.5 Å². The molecule has 0 radical (unpaired) electrons. The molecule has 0 fully saturated rings. The Hall–Kier alpha value is -3.33. The summed E-state index contributed by atoms with van der Waals surface area (Å²) in [6.45, 7) is 0.191. The van der Waals surface area contributed by atoms with Crippen LogP contribution in [-0.4, -0.2) is 63.2 Å². The highest BCUT2D eigenvalue weighted by Crippen LogP contribution is 2.30. The average molecular weight is 602 g/mol. The number of hydrogen-bond donors (Lipinski definition) is 0. The van der Waals surface area contributed by atoms with E-state index in [4.69, 9.17) is 42.1 Å². The first-order valence-electron chi connectivity index (χ1n) is 11.6. The van der Waals surface area contributed by atoms with Gasteiger partial charge >= 0.3 is 14.1 Å². The number of hydrogen-bond acceptors (Lipinski definition) is 9. The van der Waals surface area contributed by atoms with Crippen LogP contribution in [0.1, 0.15) is 16.7 Å². The van der Waals surface area contributed by atoms with E-state index >= 15 is 0 Å². The summed E-state index contributed by atoms with van der Waals surface area (Å²) in [5, 5.41) is 8.66. The molecular formula is C26H29N5O4P2S2+2. The Kier molecular flexibility index (Phi) is 12.3. The van der Waals surface area contributed by atoms with Crippen molar-refractivity contribution in [2.24, 2.45) is 15.2 Å². The van der Waals surface area contributed by atoms with E-state index in [1.165, 1.54) is 0 Å². The molecule has 2 unspecified atom stereocenters. The van der Waals surface area contributed by atoms with Gasteiger partial charge in [-0.05, 0) is 89.5 Å². The molecule has 9 nitrogen and oxygen atoms in total. The van der Waals surface area contributed by atoms with Crippen molar-refractivity contribution in [2.45, 2.75) is 0 Å². The molecule has 0 spiro atoms. The molecule has 39 heavy (non-hydrogen) atoms. The van der Waals surface area contributed by atoms with Gasteiger partial charge in [0.25, 0.3) is 0 Å². The number of rotatable bonds is 14. The van der Waals surface area contributed by atoms with E-state index in [1.54, 1.807) is 56.5 Å². The lowest BCUT2D eigenvalue weighted by atomic mass is 10.2. The zero-order valence-corrected chi connectivity index (χ0v) is 25.4. The van der Waals surface area contributed by atoms with Gasteiger partial charge in [-0.2, -0.15) is 4.52 Å². The Morgan fingerprint density at radius 2 is 1.13 bits per heavy atom. The normalized spacial score (nSPS) is 12.1. The largest absolute Gasteiger partial charge is 0.540 e. The number of ether oxygens (including phenoxy) is 2. The summed E-state index contributed by atoms with van der Waals surface area (Å²) in [4.78, 5) is 4.33. The van der Waals surface area contributed by atoms with Crippen LogP contribution in [0.2, 0.25) is 0 Å². The van der Waals surface area contributed by atoms with Crippen LogP contribution in [0.3, 0.4) is 0 Å². The first kappa shape index (κ1) is 30.2. The van der Waals surface area contributed by atoms with Crippen LogP contribution in [0.15, 0.2) is 88.0 Å². The molecule has 0 aliphatic rings. The predicted octanol–water partition coefficient (Wildman–Crippen LogP) is 5.96. The molecule has 13 heteroatoms. The summed E-state index contributed by atoms with van der Waals surface area (Å²) >= 11 is 10.6.